The second-order valence-electron chi connectivity index (χ2n) is 6.29. The Balaban J connectivity index is 2.15. The summed E-state index contributed by atoms with van der Waals surface area (Å²) in [5.41, 5.74) is 2.01. The Kier molecular flexibility index (Phi) is 7.67. The molecule has 0 aromatic heterocycles. The highest BCUT2D eigenvalue weighted by atomic mass is 35.5. The molecule has 1 unspecified atom stereocenters. The van der Waals surface area contributed by atoms with Crippen LogP contribution in [0.4, 0.5) is 0 Å². The SMILES string of the molecule is CCC(C(=O)NC)N(Cc1ccc(Cl)cc1)C(=O)COc1ccc(C)cc1. The zero-order valence-electron chi connectivity index (χ0n) is 15.9. The molecular formula is C21H25ClN2O3. The van der Waals surface area contributed by atoms with Gasteiger partial charge in [0, 0.05) is 18.6 Å². The zero-order valence-corrected chi connectivity index (χ0v) is 16.6. The van der Waals surface area contributed by atoms with Crippen LogP contribution >= 0.6 is 11.6 Å². The molecule has 27 heavy (non-hydrogen) atoms. The second kappa shape index (κ2) is 9.97. The van der Waals surface area contributed by atoms with E-state index in [2.05, 4.69) is 5.32 Å². The number of amides is 2. The van der Waals surface area contributed by atoms with Crippen LogP contribution in [0.3, 0.4) is 0 Å². The molecule has 0 saturated heterocycles. The summed E-state index contributed by atoms with van der Waals surface area (Å²) in [5, 5.41) is 3.25. The summed E-state index contributed by atoms with van der Waals surface area (Å²) >= 11 is 5.94. The van der Waals surface area contributed by atoms with E-state index in [4.69, 9.17) is 16.3 Å². The number of hydrogen-bond donors (Lipinski definition) is 1. The first-order chi connectivity index (χ1) is 12.9. The first kappa shape index (κ1) is 20.8. The van der Waals surface area contributed by atoms with Crippen molar-refractivity contribution in [2.24, 2.45) is 0 Å². The Labute approximate surface area is 165 Å². The predicted octanol–water partition coefficient (Wildman–Crippen LogP) is 3.58. The van der Waals surface area contributed by atoms with Gasteiger partial charge in [0.2, 0.25) is 5.91 Å². The molecule has 1 atom stereocenters. The third kappa shape index (κ3) is 6.00. The van der Waals surface area contributed by atoms with E-state index in [0.717, 1.165) is 11.1 Å². The molecule has 0 aliphatic carbocycles. The molecule has 2 aromatic carbocycles. The molecule has 0 aliphatic rings. The predicted molar refractivity (Wildman–Crippen MR) is 107 cm³/mol. The van der Waals surface area contributed by atoms with Gasteiger partial charge in [-0.25, -0.2) is 0 Å². The first-order valence-corrected chi connectivity index (χ1v) is 9.27. The lowest BCUT2D eigenvalue weighted by Gasteiger charge is -2.30. The molecule has 2 aromatic rings. The maximum atomic E-state index is 12.9. The van der Waals surface area contributed by atoms with E-state index >= 15 is 0 Å². The summed E-state index contributed by atoms with van der Waals surface area (Å²) in [6.07, 6.45) is 0.504. The molecule has 0 radical (unpaired) electrons. The van der Waals surface area contributed by atoms with Crippen molar-refractivity contribution in [3.8, 4) is 5.75 Å². The number of halogens is 1. The minimum atomic E-state index is -0.570. The van der Waals surface area contributed by atoms with Gasteiger partial charge >= 0.3 is 0 Å². The molecule has 0 heterocycles. The monoisotopic (exact) mass is 388 g/mol. The lowest BCUT2D eigenvalue weighted by molar-refractivity contribution is -0.142. The minimum Gasteiger partial charge on any atom is -0.484 e. The number of aryl methyl sites for hydroxylation is 1. The number of carbonyl (C=O) groups is 2. The molecule has 6 heteroatoms. The van der Waals surface area contributed by atoms with Crippen LogP contribution in [0.15, 0.2) is 48.5 Å². The fraction of sp³-hybridized carbons (Fsp3) is 0.333. The van der Waals surface area contributed by atoms with Gasteiger partial charge in [-0.15, -0.1) is 0 Å². The Morgan fingerprint density at radius 1 is 1.11 bits per heavy atom. The molecule has 0 spiro atoms. The van der Waals surface area contributed by atoms with E-state index in [0.29, 0.717) is 23.7 Å². The maximum absolute atomic E-state index is 12.9. The highest BCUT2D eigenvalue weighted by Crippen LogP contribution is 2.16. The van der Waals surface area contributed by atoms with Gasteiger partial charge in [-0.2, -0.15) is 0 Å². The Morgan fingerprint density at radius 3 is 2.30 bits per heavy atom. The number of benzene rings is 2. The normalized spacial score (nSPS) is 11.6. The number of rotatable bonds is 8. The number of nitrogens with zero attached hydrogens (tertiary/aromatic N) is 1. The van der Waals surface area contributed by atoms with Crippen LogP contribution in [0.2, 0.25) is 5.02 Å². The van der Waals surface area contributed by atoms with Crippen LogP contribution in [0.5, 0.6) is 5.75 Å². The van der Waals surface area contributed by atoms with Gasteiger partial charge in [-0.1, -0.05) is 48.4 Å². The van der Waals surface area contributed by atoms with Crippen molar-refractivity contribution in [2.75, 3.05) is 13.7 Å². The average molecular weight is 389 g/mol. The first-order valence-electron chi connectivity index (χ1n) is 8.89. The second-order valence-corrected chi connectivity index (χ2v) is 6.72. The molecule has 0 saturated carbocycles. The van der Waals surface area contributed by atoms with Crippen molar-refractivity contribution in [3.63, 3.8) is 0 Å². The van der Waals surface area contributed by atoms with E-state index < -0.39 is 6.04 Å². The molecule has 0 fully saturated rings. The van der Waals surface area contributed by atoms with E-state index in [-0.39, 0.29) is 18.4 Å². The largest absolute Gasteiger partial charge is 0.484 e. The highest BCUT2D eigenvalue weighted by molar-refractivity contribution is 6.30. The van der Waals surface area contributed by atoms with E-state index in [1.54, 1.807) is 24.1 Å². The van der Waals surface area contributed by atoms with Crippen molar-refractivity contribution in [3.05, 3.63) is 64.7 Å². The topological polar surface area (TPSA) is 58.6 Å². The van der Waals surface area contributed by atoms with Gasteiger partial charge in [0.05, 0.1) is 0 Å². The summed E-state index contributed by atoms with van der Waals surface area (Å²) in [6, 6.07) is 14.1. The van der Waals surface area contributed by atoms with Crippen molar-refractivity contribution in [2.45, 2.75) is 32.9 Å². The number of likely N-dealkylation sites (N-methyl/N-ethyl adjacent to an activating group) is 1. The Bertz CT molecular complexity index is 760. The average Bonchev–Trinajstić information content (AvgIpc) is 2.68. The van der Waals surface area contributed by atoms with Gasteiger partial charge in [0.15, 0.2) is 6.61 Å². The van der Waals surface area contributed by atoms with Gasteiger partial charge in [0.25, 0.3) is 5.91 Å². The zero-order chi connectivity index (χ0) is 19.8. The van der Waals surface area contributed by atoms with E-state index in [1.165, 1.54) is 0 Å². The molecule has 1 N–H and O–H groups in total. The van der Waals surface area contributed by atoms with Crippen molar-refractivity contribution >= 4 is 23.4 Å². The molecule has 144 valence electrons. The summed E-state index contributed by atoms with van der Waals surface area (Å²) in [5.74, 6) is 0.171. The highest BCUT2D eigenvalue weighted by Gasteiger charge is 2.28. The number of ether oxygens (including phenoxy) is 1. The maximum Gasteiger partial charge on any atom is 0.261 e. The number of carbonyl (C=O) groups excluding carboxylic acids is 2. The van der Waals surface area contributed by atoms with Crippen LogP contribution in [-0.4, -0.2) is 36.4 Å². The summed E-state index contributed by atoms with van der Waals surface area (Å²) in [4.78, 5) is 26.7. The van der Waals surface area contributed by atoms with Crippen LogP contribution < -0.4 is 10.1 Å². The van der Waals surface area contributed by atoms with Gasteiger partial charge in [0.1, 0.15) is 11.8 Å². The van der Waals surface area contributed by atoms with Crippen LogP contribution in [0.1, 0.15) is 24.5 Å². The van der Waals surface area contributed by atoms with Crippen LogP contribution in [0.25, 0.3) is 0 Å². The molecule has 0 aliphatic heterocycles. The third-order valence-corrected chi connectivity index (χ3v) is 4.53. The lowest BCUT2D eigenvalue weighted by Crippen LogP contribution is -2.49. The van der Waals surface area contributed by atoms with Crippen molar-refractivity contribution < 1.29 is 14.3 Å². The minimum absolute atomic E-state index is 0.135. The Morgan fingerprint density at radius 2 is 1.74 bits per heavy atom. The fourth-order valence-corrected chi connectivity index (χ4v) is 2.86. The van der Waals surface area contributed by atoms with Gasteiger partial charge in [-0.3, -0.25) is 9.59 Å². The van der Waals surface area contributed by atoms with Gasteiger partial charge < -0.3 is 15.0 Å². The quantitative estimate of drug-likeness (QED) is 0.751. The van der Waals surface area contributed by atoms with Crippen molar-refractivity contribution in [1.82, 2.24) is 10.2 Å². The smallest absolute Gasteiger partial charge is 0.261 e. The van der Waals surface area contributed by atoms with Crippen molar-refractivity contribution in [1.29, 1.82) is 0 Å². The summed E-state index contributed by atoms with van der Waals surface area (Å²) < 4.78 is 5.62. The van der Waals surface area contributed by atoms with Crippen LogP contribution in [-0.2, 0) is 16.1 Å². The summed E-state index contributed by atoms with van der Waals surface area (Å²) in [6.45, 7) is 4.03. The Hall–Kier alpha value is -2.53. The molecule has 0 bridgehead atoms. The van der Waals surface area contributed by atoms with Crippen LogP contribution in [0, 0.1) is 6.92 Å². The molecular weight excluding hydrogens is 364 g/mol. The van der Waals surface area contributed by atoms with Gasteiger partial charge in [-0.05, 0) is 43.2 Å². The third-order valence-electron chi connectivity index (χ3n) is 4.28. The lowest BCUT2D eigenvalue weighted by atomic mass is 10.1. The van der Waals surface area contributed by atoms with E-state index in [9.17, 15) is 9.59 Å². The fourth-order valence-electron chi connectivity index (χ4n) is 2.74. The molecule has 2 rings (SSSR count). The van der Waals surface area contributed by atoms with E-state index in [1.807, 2.05) is 50.2 Å². The molecule has 2 amide bonds. The summed E-state index contributed by atoms with van der Waals surface area (Å²) in [7, 11) is 1.57. The standard InChI is InChI=1S/C21H25ClN2O3/c1-4-19(21(26)23-3)24(13-16-7-9-17(22)10-8-16)20(25)14-27-18-11-5-15(2)6-12-18/h5-12,19H,4,13-14H2,1-3H3,(H,23,26). The number of hydrogen-bond acceptors (Lipinski definition) is 3. The number of nitrogens with one attached hydrogen (secondary N) is 1. The molecule has 5 nitrogen and oxygen atoms in total.